The van der Waals surface area contributed by atoms with Crippen molar-refractivity contribution >= 4 is 38.7 Å². The van der Waals surface area contributed by atoms with E-state index in [0.717, 1.165) is 36.4 Å². The van der Waals surface area contributed by atoms with E-state index in [-0.39, 0.29) is 5.54 Å². The molecule has 0 amide bonds. The van der Waals surface area contributed by atoms with Gasteiger partial charge in [-0.25, -0.2) is 13.1 Å². The van der Waals surface area contributed by atoms with Crippen molar-refractivity contribution in [3.63, 3.8) is 0 Å². The highest BCUT2D eigenvalue weighted by atomic mass is 32.2. The molecular weight excluding hydrogens is 454 g/mol. The van der Waals surface area contributed by atoms with E-state index < -0.39 is 10.0 Å². The summed E-state index contributed by atoms with van der Waals surface area (Å²) in [6.07, 6.45) is 6.81. The van der Waals surface area contributed by atoms with E-state index in [1.54, 1.807) is 24.3 Å². The molecule has 0 radical (unpaired) electrons. The highest BCUT2D eigenvalue weighted by Gasteiger charge is 2.52. The fraction of sp³-hybridized carbons (Fsp3) is 0.480. The maximum Gasteiger partial charge on any atom is 0.241 e. The number of nitrogens with one attached hydrogen (secondary N) is 3. The molecule has 4 aliphatic carbocycles. The van der Waals surface area contributed by atoms with Gasteiger partial charge in [-0.2, -0.15) is 0 Å². The van der Waals surface area contributed by atoms with Gasteiger partial charge in [-0.3, -0.25) is 0 Å². The minimum atomic E-state index is -3.57. The van der Waals surface area contributed by atoms with Crippen LogP contribution < -0.4 is 20.1 Å². The van der Waals surface area contributed by atoms with E-state index in [4.69, 9.17) is 17.0 Å². The number of thiocarbonyl (C=S) groups is 1. The van der Waals surface area contributed by atoms with Gasteiger partial charge in [0, 0.05) is 11.2 Å². The Kier molecular flexibility index (Phi) is 6.09. The predicted octanol–water partition coefficient (Wildman–Crippen LogP) is 5.14. The normalized spacial score (nSPS) is 27.8. The number of hydrogen-bond donors (Lipinski definition) is 3. The molecule has 2 aromatic carbocycles. The molecule has 4 fully saturated rings. The molecule has 4 bridgehead atoms. The van der Waals surface area contributed by atoms with Gasteiger partial charge in [-0.1, -0.05) is 12.1 Å². The van der Waals surface area contributed by atoms with Crippen molar-refractivity contribution in [3.8, 4) is 5.75 Å². The molecule has 33 heavy (non-hydrogen) atoms. The Morgan fingerprint density at radius 3 is 2.18 bits per heavy atom. The van der Waals surface area contributed by atoms with Gasteiger partial charge >= 0.3 is 0 Å². The molecule has 4 saturated carbocycles. The molecule has 4 aliphatic rings. The summed E-state index contributed by atoms with van der Waals surface area (Å²) >= 11 is 5.43. The molecule has 0 atom stereocenters. The largest absolute Gasteiger partial charge is 0.492 e. The van der Waals surface area contributed by atoms with Crippen molar-refractivity contribution in [2.75, 3.05) is 17.2 Å². The first-order chi connectivity index (χ1) is 15.8. The lowest BCUT2D eigenvalue weighted by Crippen LogP contribution is -2.59. The third-order valence-electron chi connectivity index (χ3n) is 7.25. The summed E-state index contributed by atoms with van der Waals surface area (Å²) in [5, 5.41) is 6.66. The van der Waals surface area contributed by atoms with Crippen LogP contribution in [0.5, 0.6) is 5.75 Å². The average molecular weight is 486 g/mol. The van der Waals surface area contributed by atoms with Crippen molar-refractivity contribution in [2.45, 2.75) is 55.9 Å². The zero-order valence-corrected chi connectivity index (χ0v) is 20.5. The van der Waals surface area contributed by atoms with Crippen LogP contribution >= 0.6 is 12.2 Å². The van der Waals surface area contributed by atoms with E-state index >= 15 is 0 Å². The number of hydrogen-bond acceptors (Lipinski definition) is 4. The Morgan fingerprint density at radius 1 is 0.970 bits per heavy atom. The van der Waals surface area contributed by atoms with Gasteiger partial charge in [0.1, 0.15) is 5.75 Å². The summed E-state index contributed by atoms with van der Waals surface area (Å²) < 4.78 is 35.2. The molecule has 0 aromatic heterocycles. The van der Waals surface area contributed by atoms with Crippen LogP contribution in [-0.2, 0) is 10.0 Å². The van der Waals surface area contributed by atoms with E-state index in [0.29, 0.717) is 34.4 Å². The van der Waals surface area contributed by atoms with E-state index in [2.05, 4.69) is 15.4 Å². The second-order valence-corrected chi connectivity index (χ2v) is 11.9. The van der Waals surface area contributed by atoms with Crippen LogP contribution in [0.1, 0.15) is 45.4 Å². The highest BCUT2D eigenvalue weighted by Crippen LogP contribution is 2.56. The van der Waals surface area contributed by atoms with E-state index in [1.165, 1.54) is 19.3 Å². The minimum absolute atomic E-state index is 0.246. The van der Waals surface area contributed by atoms with Gasteiger partial charge in [0.05, 0.1) is 17.2 Å². The third kappa shape index (κ3) is 4.88. The fourth-order valence-electron chi connectivity index (χ4n) is 6.43. The monoisotopic (exact) mass is 485 g/mol. The Morgan fingerprint density at radius 2 is 1.58 bits per heavy atom. The first-order valence-corrected chi connectivity index (χ1v) is 13.7. The fourth-order valence-corrected chi connectivity index (χ4v) is 8.09. The summed E-state index contributed by atoms with van der Waals surface area (Å²) in [5.74, 6) is 2.78. The Labute approximate surface area is 201 Å². The zero-order chi connectivity index (χ0) is 23.1. The second kappa shape index (κ2) is 8.89. The molecule has 6 rings (SSSR count). The molecule has 0 heterocycles. The second-order valence-electron chi connectivity index (χ2n) is 9.84. The molecule has 176 valence electrons. The van der Waals surface area contributed by atoms with E-state index in [9.17, 15) is 8.42 Å². The minimum Gasteiger partial charge on any atom is -0.492 e. The lowest BCUT2D eigenvalue weighted by atomic mass is 9.53. The molecule has 0 spiro atoms. The lowest BCUT2D eigenvalue weighted by molar-refractivity contribution is -0.00810. The van der Waals surface area contributed by atoms with Gasteiger partial charge < -0.3 is 15.4 Å². The topological polar surface area (TPSA) is 79.5 Å². The number of para-hydroxylation sites is 2. The smallest absolute Gasteiger partial charge is 0.241 e. The van der Waals surface area contributed by atoms with Crippen molar-refractivity contribution in [2.24, 2.45) is 17.8 Å². The van der Waals surface area contributed by atoms with Crippen molar-refractivity contribution in [1.82, 2.24) is 4.72 Å². The highest BCUT2D eigenvalue weighted by molar-refractivity contribution is 7.89. The molecule has 0 aliphatic heterocycles. The van der Waals surface area contributed by atoms with E-state index in [1.807, 2.05) is 31.2 Å². The van der Waals surface area contributed by atoms with Crippen LogP contribution in [0.15, 0.2) is 53.4 Å². The summed E-state index contributed by atoms with van der Waals surface area (Å²) in [6, 6.07) is 14.4. The summed E-state index contributed by atoms with van der Waals surface area (Å²) in [5.41, 5.74) is 1.25. The number of ether oxygens (including phenoxy) is 1. The Bertz CT molecular complexity index is 1100. The molecule has 3 N–H and O–H groups in total. The summed E-state index contributed by atoms with van der Waals surface area (Å²) in [6.45, 7) is 2.49. The van der Waals surface area contributed by atoms with Crippen LogP contribution in [0, 0.1) is 17.8 Å². The van der Waals surface area contributed by atoms with Crippen LogP contribution in [0.4, 0.5) is 11.4 Å². The van der Waals surface area contributed by atoms with Crippen LogP contribution in [0.25, 0.3) is 0 Å². The molecule has 8 heteroatoms. The molecule has 2 aromatic rings. The van der Waals surface area contributed by atoms with Gasteiger partial charge in [0.15, 0.2) is 5.11 Å². The quantitative estimate of drug-likeness (QED) is 0.471. The molecule has 0 unspecified atom stereocenters. The van der Waals surface area contributed by atoms with Gasteiger partial charge in [0.25, 0.3) is 0 Å². The number of benzene rings is 2. The number of anilines is 2. The molecule has 6 nitrogen and oxygen atoms in total. The van der Waals surface area contributed by atoms with Crippen molar-refractivity contribution in [1.29, 1.82) is 0 Å². The Hall–Kier alpha value is -2.16. The first kappa shape index (κ1) is 22.6. The molecular formula is C25H31N3O3S2. The number of rotatable bonds is 7. The van der Waals surface area contributed by atoms with Crippen LogP contribution in [0.2, 0.25) is 0 Å². The maximum atomic E-state index is 13.2. The third-order valence-corrected chi connectivity index (χ3v) is 9.05. The van der Waals surface area contributed by atoms with Gasteiger partial charge in [-0.05, 0) is 112 Å². The average Bonchev–Trinajstić information content (AvgIpc) is 2.74. The van der Waals surface area contributed by atoms with Crippen LogP contribution in [-0.4, -0.2) is 25.7 Å². The molecule has 0 saturated heterocycles. The van der Waals surface area contributed by atoms with Gasteiger partial charge in [0.2, 0.25) is 10.0 Å². The van der Waals surface area contributed by atoms with Gasteiger partial charge in [-0.15, -0.1) is 0 Å². The standard InChI is InChI=1S/C25H31N3O3S2/c1-2-31-23-6-4-3-5-22(23)27-24(32)26-20-7-9-21(10-8-20)33(29,30)28-25-14-17-11-18(15-25)13-19(12-17)16-25/h3-10,17-19,28H,2,11-16H2,1H3,(H2,26,27,32). The lowest BCUT2D eigenvalue weighted by Gasteiger charge is -2.56. The maximum absolute atomic E-state index is 13.2. The summed E-state index contributed by atoms with van der Waals surface area (Å²) in [7, 11) is -3.57. The Balaban J connectivity index is 1.23. The zero-order valence-electron chi connectivity index (χ0n) is 18.8. The van der Waals surface area contributed by atoms with Crippen LogP contribution in [0.3, 0.4) is 0 Å². The SMILES string of the molecule is CCOc1ccccc1NC(=S)Nc1ccc(S(=O)(=O)NC23CC4CC(CC(C4)C2)C3)cc1. The van der Waals surface area contributed by atoms with Crippen molar-refractivity contribution in [3.05, 3.63) is 48.5 Å². The predicted molar refractivity (Wildman–Crippen MR) is 135 cm³/mol. The first-order valence-electron chi connectivity index (χ1n) is 11.8. The summed E-state index contributed by atoms with van der Waals surface area (Å²) in [4.78, 5) is 0.296. The van der Waals surface area contributed by atoms with Crippen molar-refractivity contribution < 1.29 is 13.2 Å². The number of sulfonamides is 1.